The molecule has 1 aromatic carbocycles. The average molecular weight is 304 g/mol. The summed E-state index contributed by atoms with van der Waals surface area (Å²) in [5.41, 5.74) is 0. The van der Waals surface area contributed by atoms with Crippen LogP contribution in [0.4, 0.5) is 4.79 Å². The summed E-state index contributed by atoms with van der Waals surface area (Å²) in [7, 11) is 0. The van der Waals surface area contributed by atoms with Crippen molar-refractivity contribution in [3.8, 4) is 0 Å². The summed E-state index contributed by atoms with van der Waals surface area (Å²) < 4.78 is 1.24. The molecule has 1 fully saturated rings. The number of thiophene rings is 1. The molecular weight excluding hydrogens is 284 g/mol. The van der Waals surface area contributed by atoms with Crippen LogP contribution in [-0.4, -0.2) is 23.8 Å². The molecule has 4 nitrogen and oxygen atoms in total. The second-order valence-corrected chi connectivity index (χ2v) is 6.74. The van der Waals surface area contributed by atoms with Gasteiger partial charge >= 0.3 is 6.03 Å². The maximum absolute atomic E-state index is 11.8. The van der Waals surface area contributed by atoms with E-state index in [4.69, 9.17) is 0 Å². The molecule has 0 spiro atoms. The quantitative estimate of drug-likeness (QED) is 0.813. The maximum Gasteiger partial charge on any atom is 0.315 e. The molecule has 21 heavy (non-hydrogen) atoms. The fourth-order valence-electron chi connectivity index (χ4n) is 2.83. The van der Waals surface area contributed by atoms with Gasteiger partial charge in [0.2, 0.25) is 0 Å². The van der Waals surface area contributed by atoms with Crippen molar-refractivity contribution >= 4 is 27.5 Å². The van der Waals surface area contributed by atoms with Crippen molar-refractivity contribution in [2.75, 3.05) is 6.54 Å². The fraction of sp³-hybridized carbons (Fsp3) is 0.438. The van der Waals surface area contributed by atoms with Gasteiger partial charge in [-0.2, -0.15) is 0 Å². The number of hydrogen-bond acceptors (Lipinski definition) is 3. The SMILES string of the molecule is O=C(NCc1cc2ccccc2s1)NCC1CCCC1O. The van der Waals surface area contributed by atoms with Crippen LogP contribution in [0.5, 0.6) is 0 Å². The summed E-state index contributed by atoms with van der Waals surface area (Å²) in [5.74, 6) is 0.208. The summed E-state index contributed by atoms with van der Waals surface area (Å²) in [6.45, 7) is 1.10. The number of carbonyl (C=O) groups is 1. The van der Waals surface area contributed by atoms with Gasteiger partial charge in [0.15, 0.2) is 0 Å². The summed E-state index contributed by atoms with van der Waals surface area (Å²) in [6.07, 6.45) is 2.65. The van der Waals surface area contributed by atoms with Gasteiger partial charge in [-0.05, 0) is 30.4 Å². The number of benzene rings is 1. The van der Waals surface area contributed by atoms with E-state index in [0.717, 1.165) is 24.1 Å². The minimum absolute atomic E-state index is 0.161. The second kappa shape index (κ2) is 6.45. The Hall–Kier alpha value is -1.59. The van der Waals surface area contributed by atoms with Crippen LogP contribution in [-0.2, 0) is 6.54 Å². The maximum atomic E-state index is 11.8. The van der Waals surface area contributed by atoms with Crippen molar-refractivity contribution in [1.29, 1.82) is 0 Å². The van der Waals surface area contributed by atoms with E-state index in [1.807, 2.05) is 12.1 Å². The van der Waals surface area contributed by atoms with Crippen LogP contribution in [0.3, 0.4) is 0 Å². The second-order valence-electron chi connectivity index (χ2n) is 5.57. The molecule has 0 aliphatic heterocycles. The number of carbonyl (C=O) groups excluding carboxylic acids is 1. The van der Waals surface area contributed by atoms with Crippen molar-refractivity contribution in [3.63, 3.8) is 0 Å². The topological polar surface area (TPSA) is 61.4 Å². The monoisotopic (exact) mass is 304 g/mol. The van der Waals surface area contributed by atoms with E-state index < -0.39 is 0 Å². The third-order valence-electron chi connectivity index (χ3n) is 4.04. The Kier molecular flexibility index (Phi) is 4.41. The van der Waals surface area contributed by atoms with Gasteiger partial charge in [0.25, 0.3) is 0 Å². The molecule has 0 radical (unpaired) electrons. The van der Waals surface area contributed by atoms with Gasteiger partial charge in [0.05, 0.1) is 12.6 Å². The summed E-state index contributed by atoms with van der Waals surface area (Å²) in [4.78, 5) is 12.9. The lowest BCUT2D eigenvalue weighted by molar-refractivity contribution is 0.132. The Morgan fingerprint density at radius 2 is 2.14 bits per heavy atom. The molecule has 1 aliphatic rings. The van der Waals surface area contributed by atoms with E-state index in [2.05, 4.69) is 28.8 Å². The summed E-state index contributed by atoms with van der Waals surface area (Å²) in [5, 5.41) is 16.7. The third kappa shape index (κ3) is 3.54. The first-order valence-electron chi connectivity index (χ1n) is 7.39. The van der Waals surface area contributed by atoms with E-state index in [-0.39, 0.29) is 18.1 Å². The molecule has 2 atom stereocenters. The molecule has 2 aromatic rings. The van der Waals surface area contributed by atoms with E-state index in [1.165, 1.54) is 10.1 Å². The Balaban J connectivity index is 1.47. The molecule has 3 N–H and O–H groups in total. The number of amides is 2. The van der Waals surface area contributed by atoms with Gasteiger partial charge < -0.3 is 15.7 Å². The Labute approximate surface area is 128 Å². The van der Waals surface area contributed by atoms with Gasteiger partial charge in [0, 0.05) is 22.0 Å². The van der Waals surface area contributed by atoms with Gasteiger partial charge in [-0.15, -0.1) is 11.3 Å². The van der Waals surface area contributed by atoms with E-state index in [9.17, 15) is 9.90 Å². The smallest absolute Gasteiger partial charge is 0.315 e. The van der Waals surface area contributed by atoms with Gasteiger partial charge in [-0.1, -0.05) is 24.6 Å². The third-order valence-corrected chi connectivity index (χ3v) is 5.16. The number of aliphatic hydroxyl groups is 1. The lowest BCUT2D eigenvalue weighted by Gasteiger charge is -2.15. The molecule has 1 aliphatic carbocycles. The predicted molar refractivity (Wildman–Crippen MR) is 85.4 cm³/mol. The zero-order chi connectivity index (χ0) is 14.7. The zero-order valence-corrected chi connectivity index (χ0v) is 12.7. The highest BCUT2D eigenvalue weighted by atomic mass is 32.1. The largest absolute Gasteiger partial charge is 0.393 e. The first-order chi connectivity index (χ1) is 10.2. The highest BCUT2D eigenvalue weighted by Crippen LogP contribution is 2.25. The van der Waals surface area contributed by atoms with Crippen LogP contribution in [0.15, 0.2) is 30.3 Å². The number of hydrogen-bond donors (Lipinski definition) is 3. The summed E-state index contributed by atoms with van der Waals surface area (Å²) in [6, 6.07) is 10.2. The molecule has 3 rings (SSSR count). The highest BCUT2D eigenvalue weighted by molar-refractivity contribution is 7.19. The molecule has 0 saturated heterocycles. The zero-order valence-electron chi connectivity index (χ0n) is 11.8. The van der Waals surface area contributed by atoms with Crippen LogP contribution >= 0.6 is 11.3 Å². The van der Waals surface area contributed by atoms with Crippen molar-refractivity contribution in [2.45, 2.75) is 31.9 Å². The fourth-order valence-corrected chi connectivity index (χ4v) is 3.84. The Bertz CT molecular complexity index is 593. The Morgan fingerprint density at radius 1 is 1.29 bits per heavy atom. The summed E-state index contributed by atoms with van der Waals surface area (Å²) >= 11 is 1.70. The number of rotatable bonds is 4. The first-order valence-corrected chi connectivity index (χ1v) is 8.21. The van der Waals surface area contributed by atoms with E-state index in [1.54, 1.807) is 11.3 Å². The number of nitrogens with one attached hydrogen (secondary N) is 2. The van der Waals surface area contributed by atoms with Gasteiger partial charge in [-0.3, -0.25) is 0 Å². The van der Waals surface area contributed by atoms with Crippen LogP contribution in [0.2, 0.25) is 0 Å². The minimum Gasteiger partial charge on any atom is -0.393 e. The van der Waals surface area contributed by atoms with Crippen molar-refractivity contribution < 1.29 is 9.90 Å². The van der Waals surface area contributed by atoms with Crippen molar-refractivity contribution in [1.82, 2.24) is 10.6 Å². The lowest BCUT2D eigenvalue weighted by Crippen LogP contribution is -2.39. The lowest BCUT2D eigenvalue weighted by atomic mass is 10.1. The van der Waals surface area contributed by atoms with E-state index >= 15 is 0 Å². The number of fused-ring (bicyclic) bond motifs is 1. The van der Waals surface area contributed by atoms with Crippen molar-refractivity contribution in [2.24, 2.45) is 5.92 Å². The average Bonchev–Trinajstić information content (AvgIpc) is 3.08. The molecule has 0 bridgehead atoms. The van der Waals surface area contributed by atoms with Crippen LogP contribution in [0.1, 0.15) is 24.1 Å². The highest BCUT2D eigenvalue weighted by Gasteiger charge is 2.25. The van der Waals surface area contributed by atoms with E-state index in [0.29, 0.717) is 13.1 Å². The van der Waals surface area contributed by atoms with Gasteiger partial charge in [-0.25, -0.2) is 4.79 Å². The normalized spacial score (nSPS) is 21.6. The molecule has 1 heterocycles. The number of aliphatic hydroxyl groups excluding tert-OH is 1. The van der Waals surface area contributed by atoms with Crippen LogP contribution < -0.4 is 10.6 Å². The van der Waals surface area contributed by atoms with Gasteiger partial charge in [0.1, 0.15) is 0 Å². The molecule has 2 unspecified atom stereocenters. The molecule has 112 valence electrons. The molecule has 5 heteroatoms. The standard InChI is InChI=1S/C16H20N2O2S/c19-14-6-3-5-12(14)9-17-16(20)18-10-13-8-11-4-1-2-7-15(11)21-13/h1-2,4,7-8,12,14,19H,3,5-6,9-10H2,(H2,17,18,20). The number of urea groups is 1. The minimum atomic E-state index is -0.257. The molecule has 1 saturated carbocycles. The predicted octanol–water partition coefficient (Wildman–Crippen LogP) is 2.86. The molecule has 1 aromatic heterocycles. The molecular formula is C16H20N2O2S. The first kappa shape index (κ1) is 14.4. The Morgan fingerprint density at radius 3 is 2.90 bits per heavy atom. The molecule has 2 amide bonds. The van der Waals surface area contributed by atoms with Crippen molar-refractivity contribution in [3.05, 3.63) is 35.2 Å². The van der Waals surface area contributed by atoms with Crippen LogP contribution in [0, 0.1) is 5.92 Å². The van der Waals surface area contributed by atoms with Crippen LogP contribution in [0.25, 0.3) is 10.1 Å².